The van der Waals surface area contributed by atoms with E-state index in [0.29, 0.717) is 6.54 Å². The molecule has 6 heteroatoms. The zero-order chi connectivity index (χ0) is 14.9. The average molecular weight is 295 g/mol. The van der Waals surface area contributed by atoms with Gasteiger partial charge in [0.25, 0.3) is 0 Å². The summed E-state index contributed by atoms with van der Waals surface area (Å²) in [6, 6.07) is 4.99. The highest BCUT2D eigenvalue weighted by Gasteiger charge is 2.17. The van der Waals surface area contributed by atoms with Crippen molar-refractivity contribution in [3.05, 3.63) is 45.8 Å². The lowest BCUT2D eigenvalue weighted by Crippen LogP contribution is -2.18. The molecule has 5 nitrogen and oxygen atoms in total. The number of nitrogens with zero attached hydrogens (tertiary/aromatic N) is 2. The first kappa shape index (κ1) is 14.4. The molecule has 1 N–H and O–H groups in total. The van der Waals surface area contributed by atoms with Gasteiger partial charge in [-0.15, -0.1) is 0 Å². The summed E-state index contributed by atoms with van der Waals surface area (Å²) in [5, 5.41) is 13.2. The highest BCUT2D eigenvalue weighted by atomic mass is 35.5. The first-order valence-electron chi connectivity index (χ1n) is 6.06. The van der Waals surface area contributed by atoms with Crippen molar-refractivity contribution in [1.82, 2.24) is 5.16 Å². The summed E-state index contributed by atoms with van der Waals surface area (Å²) < 4.78 is 5.13. The molecule has 0 radical (unpaired) electrons. The maximum atomic E-state index is 11.1. The van der Waals surface area contributed by atoms with Gasteiger partial charge in [-0.05, 0) is 25.5 Å². The van der Waals surface area contributed by atoms with E-state index in [9.17, 15) is 4.79 Å². The number of carbonyl (C=O) groups is 1. The van der Waals surface area contributed by atoms with Crippen LogP contribution in [0.1, 0.15) is 27.4 Å². The van der Waals surface area contributed by atoms with Crippen LogP contribution < -0.4 is 4.90 Å². The highest BCUT2D eigenvalue weighted by molar-refractivity contribution is 6.34. The van der Waals surface area contributed by atoms with Gasteiger partial charge in [-0.2, -0.15) is 0 Å². The van der Waals surface area contributed by atoms with Crippen molar-refractivity contribution in [2.75, 3.05) is 11.9 Å². The lowest BCUT2D eigenvalue weighted by atomic mass is 10.1. The molecule has 1 heterocycles. The Morgan fingerprint density at radius 2 is 2.15 bits per heavy atom. The molecule has 0 aliphatic carbocycles. The molecule has 0 atom stereocenters. The van der Waals surface area contributed by atoms with E-state index in [1.807, 2.05) is 31.9 Å². The summed E-state index contributed by atoms with van der Waals surface area (Å²) in [6.45, 7) is 4.17. The molecule has 0 spiro atoms. The molecular formula is C14H15ClN2O3. The zero-order valence-corrected chi connectivity index (χ0v) is 12.2. The number of anilines is 1. The van der Waals surface area contributed by atoms with Crippen molar-refractivity contribution < 1.29 is 14.4 Å². The Labute approximate surface area is 121 Å². The lowest BCUT2D eigenvalue weighted by molar-refractivity contribution is 0.0697. The smallest absolute Gasteiger partial charge is 0.337 e. The van der Waals surface area contributed by atoms with Gasteiger partial charge in [0.1, 0.15) is 11.4 Å². The largest absolute Gasteiger partial charge is 0.478 e. The van der Waals surface area contributed by atoms with Crippen LogP contribution in [-0.2, 0) is 6.54 Å². The molecule has 1 aromatic heterocycles. The van der Waals surface area contributed by atoms with Crippen LogP contribution in [0.15, 0.2) is 22.7 Å². The van der Waals surface area contributed by atoms with Gasteiger partial charge >= 0.3 is 5.97 Å². The number of carboxylic acid groups (broad SMARTS) is 1. The third kappa shape index (κ3) is 2.63. The first-order chi connectivity index (χ1) is 9.41. The maximum Gasteiger partial charge on any atom is 0.337 e. The number of carboxylic acids is 1. The van der Waals surface area contributed by atoms with Gasteiger partial charge in [-0.25, -0.2) is 4.79 Å². The number of rotatable bonds is 4. The molecule has 0 amide bonds. The van der Waals surface area contributed by atoms with Crippen LogP contribution in [0.5, 0.6) is 0 Å². The second kappa shape index (κ2) is 5.54. The van der Waals surface area contributed by atoms with Gasteiger partial charge in [-0.1, -0.05) is 28.9 Å². The number of aromatic nitrogens is 1. The molecular weight excluding hydrogens is 280 g/mol. The highest BCUT2D eigenvalue weighted by Crippen LogP contribution is 2.27. The van der Waals surface area contributed by atoms with E-state index in [2.05, 4.69) is 5.16 Å². The fraction of sp³-hybridized carbons (Fsp3) is 0.286. The Bertz CT molecular complexity index is 632. The molecule has 0 bridgehead atoms. The van der Waals surface area contributed by atoms with Gasteiger partial charge in [0.15, 0.2) is 5.76 Å². The standard InChI is InChI=1S/C14H15ClN2O3/c1-8-13(9(2)20-16-8)17(3)7-10-5-4-6-11(12(10)15)14(18)19/h4-6H,7H2,1-3H3,(H,18,19). The summed E-state index contributed by atoms with van der Waals surface area (Å²) in [5.74, 6) is -0.313. The Morgan fingerprint density at radius 3 is 2.70 bits per heavy atom. The minimum atomic E-state index is -1.03. The second-order valence-electron chi connectivity index (χ2n) is 4.61. The average Bonchev–Trinajstić information content (AvgIpc) is 2.71. The van der Waals surface area contributed by atoms with Gasteiger partial charge in [0.05, 0.1) is 10.6 Å². The molecule has 2 aromatic rings. The molecule has 0 saturated heterocycles. The van der Waals surface area contributed by atoms with E-state index in [0.717, 1.165) is 22.7 Å². The number of hydrogen-bond donors (Lipinski definition) is 1. The molecule has 1 aromatic carbocycles. The van der Waals surface area contributed by atoms with Crippen LogP contribution in [-0.4, -0.2) is 23.3 Å². The Morgan fingerprint density at radius 1 is 1.45 bits per heavy atom. The first-order valence-corrected chi connectivity index (χ1v) is 6.44. The second-order valence-corrected chi connectivity index (χ2v) is 4.99. The number of halogens is 1. The van der Waals surface area contributed by atoms with Gasteiger partial charge in [-0.3, -0.25) is 0 Å². The minimum absolute atomic E-state index is 0.108. The van der Waals surface area contributed by atoms with Gasteiger partial charge in [0, 0.05) is 13.6 Å². The van der Waals surface area contributed by atoms with Crippen molar-refractivity contribution in [3.8, 4) is 0 Å². The number of benzene rings is 1. The van der Waals surface area contributed by atoms with Crippen molar-refractivity contribution in [2.45, 2.75) is 20.4 Å². The fourth-order valence-corrected chi connectivity index (χ4v) is 2.49. The molecule has 0 unspecified atom stereocenters. The summed E-state index contributed by atoms with van der Waals surface area (Å²) in [7, 11) is 1.89. The number of hydrogen-bond acceptors (Lipinski definition) is 4. The van der Waals surface area contributed by atoms with E-state index >= 15 is 0 Å². The zero-order valence-electron chi connectivity index (χ0n) is 11.5. The Kier molecular flexibility index (Phi) is 3.99. The van der Waals surface area contributed by atoms with E-state index < -0.39 is 5.97 Å². The predicted molar refractivity (Wildman–Crippen MR) is 76.5 cm³/mol. The quantitative estimate of drug-likeness (QED) is 0.937. The topological polar surface area (TPSA) is 66.6 Å². The molecule has 0 fully saturated rings. The van der Waals surface area contributed by atoms with Crippen LogP contribution in [0.2, 0.25) is 5.02 Å². The summed E-state index contributed by atoms with van der Waals surface area (Å²) in [4.78, 5) is 13.0. The third-order valence-corrected chi connectivity index (χ3v) is 3.54. The van der Waals surface area contributed by atoms with Crippen LogP contribution >= 0.6 is 11.6 Å². The Hall–Kier alpha value is -2.01. The van der Waals surface area contributed by atoms with Crippen molar-refractivity contribution in [1.29, 1.82) is 0 Å². The van der Waals surface area contributed by atoms with Gasteiger partial charge < -0.3 is 14.5 Å². The van der Waals surface area contributed by atoms with Crippen LogP contribution in [0.25, 0.3) is 0 Å². The molecule has 0 aliphatic heterocycles. The third-order valence-electron chi connectivity index (χ3n) is 3.09. The Balaban J connectivity index is 2.31. The maximum absolute atomic E-state index is 11.1. The van der Waals surface area contributed by atoms with E-state index in [-0.39, 0.29) is 10.6 Å². The molecule has 0 saturated carbocycles. The van der Waals surface area contributed by atoms with E-state index in [4.69, 9.17) is 21.2 Å². The molecule has 106 valence electrons. The number of aromatic carboxylic acids is 1. The SMILES string of the molecule is Cc1noc(C)c1N(C)Cc1cccc(C(=O)O)c1Cl. The predicted octanol–water partition coefficient (Wildman–Crippen LogP) is 3.28. The van der Waals surface area contributed by atoms with Crippen molar-refractivity contribution in [3.63, 3.8) is 0 Å². The van der Waals surface area contributed by atoms with Gasteiger partial charge in [0.2, 0.25) is 0 Å². The monoisotopic (exact) mass is 294 g/mol. The fourth-order valence-electron chi connectivity index (χ4n) is 2.22. The summed E-state index contributed by atoms with van der Waals surface area (Å²) in [6.07, 6.45) is 0. The minimum Gasteiger partial charge on any atom is -0.478 e. The van der Waals surface area contributed by atoms with Crippen molar-refractivity contribution in [2.24, 2.45) is 0 Å². The number of aryl methyl sites for hydroxylation is 2. The normalized spacial score (nSPS) is 10.6. The van der Waals surface area contributed by atoms with Crippen LogP contribution in [0.3, 0.4) is 0 Å². The van der Waals surface area contributed by atoms with Crippen LogP contribution in [0.4, 0.5) is 5.69 Å². The molecule has 2 rings (SSSR count). The van der Waals surface area contributed by atoms with Crippen molar-refractivity contribution >= 4 is 23.3 Å². The van der Waals surface area contributed by atoms with E-state index in [1.54, 1.807) is 6.07 Å². The summed E-state index contributed by atoms with van der Waals surface area (Å²) in [5.41, 5.74) is 2.53. The molecule has 0 aliphatic rings. The lowest BCUT2D eigenvalue weighted by Gasteiger charge is -2.19. The van der Waals surface area contributed by atoms with E-state index in [1.165, 1.54) is 6.07 Å². The van der Waals surface area contributed by atoms with Crippen LogP contribution in [0, 0.1) is 13.8 Å². The molecule has 20 heavy (non-hydrogen) atoms. The summed E-state index contributed by atoms with van der Waals surface area (Å²) >= 11 is 6.14.